The molecule has 1 aliphatic carbocycles. The minimum atomic E-state index is -1.06. The number of aliphatic carboxylic acids is 1. The van der Waals surface area contributed by atoms with E-state index in [1.165, 1.54) is 32.1 Å². The molecule has 1 saturated carbocycles. The Kier molecular flexibility index (Phi) is 4.78. The minimum absolute atomic E-state index is 0.409. The first-order valence-corrected chi connectivity index (χ1v) is 6.44. The molecular weight excluding hydrogens is 202 g/mol. The maximum atomic E-state index is 10.9. The van der Waals surface area contributed by atoms with Crippen molar-refractivity contribution in [3.8, 4) is 0 Å². The van der Waals surface area contributed by atoms with Gasteiger partial charge in [0.2, 0.25) is 0 Å². The highest BCUT2D eigenvalue weighted by atomic mass is 16.4. The van der Waals surface area contributed by atoms with Gasteiger partial charge in [0.25, 0.3) is 0 Å². The predicted octanol–water partition coefficient (Wildman–Crippen LogP) is 2.79. The average Bonchev–Trinajstić information content (AvgIpc) is 2.66. The van der Waals surface area contributed by atoms with E-state index in [0.29, 0.717) is 12.3 Å². The number of carbonyl (C=O) groups is 1. The third-order valence-electron chi connectivity index (χ3n) is 3.80. The molecule has 0 aromatic heterocycles. The van der Waals surface area contributed by atoms with Crippen molar-refractivity contribution < 1.29 is 9.90 Å². The Morgan fingerprint density at radius 1 is 1.50 bits per heavy atom. The standard InChI is InChI=1S/C13H25NO2/c1-10(9-13(2,14)12(15)16)7-8-11-5-3-4-6-11/h10-11H,3-9,14H2,1-2H3,(H,15,16)/t10-,13+/m0/s1. The van der Waals surface area contributed by atoms with Crippen molar-refractivity contribution in [2.45, 2.75) is 64.3 Å². The molecule has 2 atom stereocenters. The van der Waals surface area contributed by atoms with E-state index in [9.17, 15) is 4.79 Å². The quantitative estimate of drug-likeness (QED) is 0.733. The van der Waals surface area contributed by atoms with E-state index >= 15 is 0 Å². The Balaban J connectivity index is 2.24. The van der Waals surface area contributed by atoms with Gasteiger partial charge in [0.1, 0.15) is 5.54 Å². The van der Waals surface area contributed by atoms with Crippen LogP contribution in [0.2, 0.25) is 0 Å². The van der Waals surface area contributed by atoms with Gasteiger partial charge in [-0.25, -0.2) is 0 Å². The zero-order valence-corrected chi connectivity index (χ0v) is 10.5. The van der Waals surface area contributed by atoms with Gasteiger partial charge in [-0.15, -0.1) is 0 Å². The lowest BCUT2D eigenvalue weighted by Crippen LogP contribution is -2.46. The normalized spacial score (nSPS) is 22.9. The van der Waals surface area contributed by atoms with Crippen LogP contribution in [-0.2, 0) is 4.79 Å². The van der Waals surface area contributed by atoms with E-state index in [2.05, 4.69) is 6.92 Å². The first-order valence-electron chi connectivity index (χ1n) is 6.44. The fraction of sp³-hybridized carbons (Fsp3) is 0.923. The Bertz CT molecular complexity index is 232. The van der Waals surface area contributed by atoms with Gasteiger partial charge in [-0.1, -0.05) is 45.4 Å². The number of carboxylic acids is 1. The van der Waals surface area contributed by atoms with Gasteiger partial charge in [0.15, 0.2) is 0 Å². The smallest absolute Gasteiger partial charge is 0.323 e. The molecule has 3 heteroatoms. The fourth-order valence-electron chi connectivity index (χ4n) is 2.73. The lowest BCUT2D eigenvalue weighted by molar-refractivity contribution is -0.143. The van der Waals surface area contributed by atoms with Crippen LogP contribution in [-0.4, -0.2) is 16.6 Å². The van der Waals surface area contributed by atoms with E-state index in [4.69, 9.17) is 10.8 Å². The van der Waals surface area contributed by atoms with Crippen molar-refractivity contribution in [3.05, 3.63) is 0 Å². The lowest BCUT2D eigenvalue weighted by atomic mass is 9.86. The molecule has 1 aliphatic rings. The van der Waals surface area contributed by atoms with Crippen LogP contribution in [0.4, 0.5) is 0 Å². The molecule has 0 heterocycles. The van der Waals surface area contributed by atoms with Crippen molar-refractivity contribution in [2.75, 3.05) is 0 Å². The second-order valence-corrected chi connectivity index (χ2v) is 5.76. The minimum Gasteiger partial charge on any atom is -0.480 e. The zero-order valence-electron chi connectivity index (χ0n) is 10.5. The summed E-state index contributed by atoms with van der Waals surface area (Å²) in [4.78, 5) is 10.9. The van der Waals surface area contributed by atoms with Crippen molar-refractivity contribution >= 4 is 5.97 Å². The molecule has 0 spiro atoms. The molecule has 0 radical (unpaired) electrons. The van der Waals surface area contributed by atoms with Crippen LogP contribution in [0.15, 0.2) is 0 Å². The van der Waals surface area contributed by atoms with Crippen LogP contribution in [0.25, 0.3) is 0 Å². The molecule has 0 bridgehead atoms. The monoisotopic (exact) mass is 227 g/mol. The summed E-state index contributed by atoms with van der Waals surface area (Å²) in [5.41, 5.74) is 4.68. The third-order valence-corrected chi connectivity index (χ3v) is 3.80. The van der Waals surface area contributed by atoms with Gasteiger partial charge in [-0.3, -0.25) is 4.79 Å². The number of rotatable bonds is 6. The summed E-state index contributed by atoms with van der Waals surface area (Å²) in [5, 5.41) is 8.94. The summed E-state index contributed by atoms with van der Waals surface area (Å²) < 4.78 is 0. The summed E-state index contributed by atoms with van der Waals surface area (Å²) in [6.07, 6.45) is 8.43. The van der Waals surface area contributed by atoms with Crippen LogP contribution < -0.4 is 5.73 Å². The Labute approximate surface area is 98.4 Å². The fourth-order valence-corrected chi connectivity index (χ4v) is 2.73. The topological polar surface area (TPSA) is 63.3 Å². The van der Waals surface area contributed by atoms with Crippen LogP contribution >= 0.6 is 0 Å². The van der Waals surface area contributed by atoms with Gasteiger partial charge >= 0.3 is 5.97 Å². The number of hydrogen-bond acceptors (Lipinski definition) is 2. The zero-order chi connectivity index (χ0) is 12.2. The molecule has 0 unspecified atom stereocenters. The van der Waals surface area contributed by atoms with Gasteiger partial charge in [0.05, 0.1) is 0 Å². The largest absolute Gasteiger partial charge is 0.480 e. The molecular formula is C13H25NO2. The third kappa shape index (κ3) is 4.12. The maximum absolute atomic E-state index is 10.9. The lowest BCUT2D eigenvalue weighted by Gasteiger charge is -2.24. The van der Waals surface area contributed by atoms with Crippen LogP contribution in [0, 0.1) is 11.8 Å². The molecule has 1 fully saturated rings. The molecule has 94 valence electrons. The van der Waals surface area contributed by atoms with Crippen molar-refractivity contribution in [1.82, 2.24) is 0 Å². The van der Waals surface area contributed by atoms with E-state index in [1.807, 2.05) is 0 Å². The first-order chi connectivity index (χ1) is 7.42. The SMILES string of the molecule is C[C@@H](CCC1CCCC1)C[C@@](C)(N)C(=O)O. The second kappa shape index (κ2) is 5.67. The number of hydrogen-bond donors (Lipinski definition) is 2. The Morgan fingerprint density at radius 3 is 2.56 bits per heavy atom. The summed E-state index contributed by atoms with van der Waals surface area (Å²) >= 11 is 0. The predicted molar refractivity (Wildman–Crippen MR) is 65.2 cm³/mol. The van der Waals surface area contributed by atoms with Crippen LogP contribution in [0.5, 0.6) is 0 Å². The number of nitrogens with two attached hydrogens (primary N) is 1. The average molecular weight is 227 g/mol. The summed E-state index contributed by atoms with van der Waals surface area (Å²) in [6, 6.07) is 0. The molecule has 16 heavy (non-hydrogen) atoms. The highest BCUT2D eigenvalue weighted by Gasteiger charge is 2.30. The van der Waals surface area contributed by atoms with Gasteiger partial charge in [-0.2, -0.15) is 0 Å². The summed E-state index contributed by atoms with van der Waals surface area (Å²) in [5.74, 6) is 0.406. The van der Waals surface area contributed by atoms with E-state index < -0.39 is 11.5 Å². The highest BCUT2D eigenvalue weighted by molar-refractivity contribution is 5.77. The van der Waals surface area contributed by atoms with Gasteiger partial charge in [0, 0.05) is 0 Å². The maximum Gasteiger partial charge on any atom is 0.323 e. The van der Waals surface area contributed by atoms with Crippen molar-refractivity contribution in [3.63, 3.8) is 0 Å². The van der Waals surface area contributed by atoms with Crippen molar-refractivity contribution in [2.24, 2.45) is 17.6 Å². The Morgan fingerprint density at radius 2 is 2.06 bits per heavy atom. The molecule has 3 N–H and O–H groups in total. The first kappa shape index (κ1) is 13.5. The molecule has 0 amide bonds. The summed E-state index contributed by atoms with van der Waals surface area (Å²) in [6.45, 7) is 3.73. The number of carboxylic acid groups (broad SMARTS) is 1. The van der Waals surface area contributed by atoms with Crippen LogP contribution in [0.1, 0.15) is 58.8 Å². The van der Waals surface area contributed by atoms with Crippen LogP contribution in [0.3, 0.4) is 0 Å². The molecule has 0 aliphatic heterocycles. The second-order valence-electron chi connectivity index (χ2n) is 5.76. The molecule has 3 nitrogen and oxygen atoms in total. The Hall–Kier alpha value is -0.570. The van der Waals surface area contributed by atoms with Gasteiger partial charge < -0.3 is 10.8 Å². The van der Waals surface area contributed by atoms with Crippen molar-refractivity contribution in [1.29, 1.82) is 0 Å². The van der Waals surface area contributed by atoms with Gasteiger partial charge in [-0.05, 0) is 25.2 Å². The highest BCUT2D eigenvalue weighted by Crippen LogP contribution is 2.31. The van der Waals surface area contributed by atoms with E-state index in [0.717, 1.165) is 12.3 Å². The molecule has 0 aromatic rings. The van der Waals surface area contributed by atoms with E-state index in [-0.39, 0.29) is 0 Å². The van der Waals surface area contributed by atoms with E-state index in [1.54, 1.807) is 6.92 Å². The summed E-state index contributed by atoms with van der Waals surface area (Å²) in [7, 11) is 0. The molecule has 0 aromatic carbocycles. The molecule has 1 rings (SSSR count). The molecule has 0 saturated heterocycles.